The van der Waals surface area contributed by atoms with Crippen LogP contribution in [0.25, 0.3) is 0 Å². The largest absolute Gasteiger partial charge is 0.508 e. The van der Waals surface area contributed by atoms with Crippen molar-refractivity contribution in [2.45, 2.75) is 43.9 Å². The van der Waals surface area contributed by atoms with Crippen LogP contribution < -0.4 is 33.2 Å². The van der Waals surface area contributed by atoms with Gasteiger partial charge in [-0.05, 0) is 78.1 Å². The highest BCUT2D eigenvalue weighted by atomic mass is 16.5. The minimum atomic E-state index is -0.765. The number of esters is 1. The first-order valence-electron chi connectivity index (χ1n) is 15.6. The predicted molar refractivity (Wildman–Crippen MR) is 174 cm³/mol. The Kier molecular flexibility index (Phi) is 7.38. The first kappa shape index (κ1) is 30.6. The van der Waals surface area contributed by atoms with E-state index in [9.17, 15) is 9.90 Å². The van der Waals surface area contributed by atoms with Crippen molar-refractivity contribution in [3.63, 3.8) is 0 Å². The number of phenolic OH excluding ortho intramolecular Hbond substituents is 1. The molecule has 1 aliphatic carbocycles. The average molecular weight is 639 g/mol. The predicted octanol–water partition coefficient (Wildman–Crippen LogP) is 6.70. The van der Waals surface area contributed by atoms with Crippen molar-refractivity contribution in [2.24, 2.45) is 0 Å². The Morgan fingerprint density at radius 2 is 1.38 bits per heavy atom. The summed E-state index contributed by atoms with van der Waals surface area (Å²) in [5.41, 5.74) is 5.74. The van der Waals surface area contributed by atoms with Crippen molar-refractivity contribution in [3.05, 3.63) is 93.5 Å². The summed E-state index contributed by atoms with van der Waals surface area (Å²) in [6, 6.07) is 17.8. The number of hydrogen-bond donors (Lipinski definition) is 1. The first-order valence-corrected chi connectivity index (χ1v) is 15.6. The number of carbonyl (C=O) groups excluding carboxylic acids is 1. The van der Waals surface area contributed by atoms with Gasteiger partial charge in [-0.2, -0.15) is 0 Å². The first-order chi connectivity index (χ1) is 22.7. The molecule has 1 N–H and O–H groups in total. The Morgan fingerprint density at radius 1 is 0.745 bits per heavy atom. The normalized spacial score (nSPS) is 21.7. The molecule has 2 heterocycles. The number of benzene rings is 4. The number of hydrogen-bond acceptors (Lipinski definition) is 9. The van der Waals surface area contributed by atoms with Gasteiger partial charge in [0.15, 0.2) is 23.0 Å². The molecule has 47 heavy (non-hydrogen) atoms. The molecule has 0 aromatic heterocycles. The molecule has 4 aromatic carbocycles. The van der Waals surface area contributed by atoms with Crippen LogP contribution in [0.1, 0.15) is 63.6 Å². The van der Waals surface area contributed by atoms with Crippen LogP contribution in [0.5, 0.6) is 46.0 Å². The van der Waals surface area contributed by atoms with Gasteiger partial charge < -0.3 is 38.3 Å². The molecular weight excluding hydrogens is 600 g/mol. The molecule has 4 aromatic rings. The molecule has 0 amide bonds. The average Bonchev–Trinajstić information content (AvgIpc) is 3.09. The van der Waals surface area contributed by atoms with Crippen LogP contribution in [-0.2, 0) is 10.2 Å². The van der Waals surface area contributed by atoms with E-state index in [4.69, 9.17) is 33.2 Å². The maximum Gasteiger partial charge on any atom is 0.308 e. The van der Waals surface area contributed by atoms with Crippen molar-refractivity contribution >= 4 is 5.97 Å². The molecule has 0 saturated heterocycles. The van der Waals surface area contributed by atoms with Crippen LogP contribution in [0.15, 0.2) is 54.6 Å². The highest BCUT2D eigenvalue weighted by Gasteiger charge is 2.59. The lowest BCUT2D eigenvalue weighted by Crippen LogP contribution is -2.52. The van der Waals surface area contributed by atoms with E-state index in [1.54, 1.807) is 34.5 Å². The fraction of sp³-hybridized carbons (Fsp3) is 0.342. The number of ether oxygens (including phenoxy) is 7. The molecule has 2 aliphatic heterocycles. The summed E-state index contributed by atoms with van der Waals surface area (Å²) < 4.78 is 42.1. The van der Waals surface area contributed by atoms with E-state index in [0.29, 0.717) is 52.4 Å². The van der Waals surface area contributed by atoms with Crippen LogP contribution in [-0.4, -0.2) is 52.7 Å². The summed E-state index contributed by atoms with van der Waals surface area (Å²) >= 11 is 0. The van der Waals surface area contributed by atoms with Gasteiger partial charge in [0.05, 0.1) is 40.5 Å². The van der Waals surface area contributed by atoms with Gasteiger partial charge in [-0.1, -0.05) is 18.2 Å². The smallest absolute Gasteiger partial charge is 0.308 e. The van der Waals surface area contributed by atoms with E-state index in [0.717, 1.165) is 33.4 Å². The topological polar surface area (TPSA) is 102 Å². The summed E-state index contributed by atoms with van der Waals surface area (Å²) in [6.45, 7) is 5.85. The fourth-order valence-electron chi connectivity index (χ4n) is 8.15. The van der Waals surface area contributed by atoms with Crippen LogP contribution in [0.2, 0.25) is 0 Å². The SMILES string of the molecule is COc1ccc(C23COc4c(ccc(OC(C)=O)c4C)C2C2c4ccc(O)c(C)c4OCC2c2cc(OC)c(OC)cc23)cc1OC. The molecule has 9 nitrogen and oxygen atoms in total. The number of phenols is 1. The maximum atomic E-state index is 12.0. The summed E-state index contributed by atoms with van der Waals surface area (Å²) in [7, 11) is 6.53. The minimum Gasteiger partial charge on any atom is -0.508 e. The van der Waals surface area contributed by atoms with Crippen LogP contribution in [0, 0.1) is 13.8 Å². The van der Waals surface area contributed by atoms with Crippen molar-refractivity contribution in [1.29, 1.82) is 0 Å². The second-order valence-electron chi connectivity index (χ2n) is 12.4. The van der Waals surface area contributed by atoms with Crippen LogP contribution in [0.4, 0.5) is 0 Å². The Morgan fingerprint density at radius 3 is 2.09 bits per heavy atom. The molecule has 4 atom stereocenters. The lowest BCUT2D eigenvalue weighted by molar-refractivity contribution is -0.131. The summed E-state index contributed by atoms with van der Waals surface area (Å²) in [5, 5.41) is 10.7. The Bertz CT molecular complexity index is 1910. The van der Waals surface area contributed by atoms with Gasteiger partial charge in [0.1, 0.15) is 29.6 Å². The van der Waals surface area contributed by atoms with Gasteiger partial charge in [-0.3, -0.25) is 4.79 Å². The third-order valence-corrected chi connectivity index (χ3v) is 10.3. The zero-order valence-electron chi connectivity index (χ0n) is 27.6. The molecule has 0 bridgehead atoms. The van der Waals surface area contributed by atoms with E-state index in [1.165, 1.54) is 6.92 Å². The molecule has 0 spiro atoms. The fourth-order valence-corrected chi connectivity index (χ4v) is 8.15. The molecule has 0 radical (unpaired) electrons. The minimum absolute atomic E-state index is 0.0843. The molecular formula is C38H38O9. The summed E-state index contributed by atoms with van der Waals surface area (Å²) in [6.07, 6.45) is 0. The van der Waals surface area contributed by atoms with E-state index < -0.39 is 11.4 Å². The Balaban J connectivity index is 1.61. The van der Waals surface area contributed by atoms with E-state index in [-0.39, 0.29) is 30.1 Å². The monoisotopic (exact) mass is 638 g/mol. The van der Waals surface area contributed by atoms with Crippen molar-refractivity contribution < 1.29 is 43.1 Å². The van der Waals surface area contributed by atoms with E-state index in [1.807, 2.05) is 44.2 Å². The summed E-state index contributed by atoms with van der Waals surface area (Å²) in [4.78, 5) is 12.0. The Hall–Kier alpha value is -5.05. The molecule has 7 rings (SSSR count). The van der Waals surface area contributed by atoms with Gasteiger partial charge in [0, 0.05) is 35.8 Å². The quantitative estimate of drug-likeness (QED) is 0.183. The molecule has 4 unspecified atom stereocenters. The van der Waals surface area contributed by atoms with Gasteiger partial charge in [0.2, 0.25) is 0 Å². The number of methoxy groups -OCH3 is 4. The standard InChI is InChI=1S/C38H38O9/c1-19-28(40)11-9-23-34-26(17-45-36(19)23)25-15-32(43-6)33(44-7)16-27(25)38(22-8-12-30(41-4)31(14-22)42-5)18-46-37-20(2)29(47-21(3)39)13-10-24(37)35(34)38/h8-16,26,34-35,40H,17-18H2,1-7H3. The molecule has 9 heteroatoms. The lowest BCUT2D eigenvalue weighted by atomic mass is 9.49. The third kappa shape index (κ3) is 4.39. The molecule has 244 valence electrons. The number of aromatic hydroxyl groups is 1. The van der Waals surface area contributed by atoms with E-state index >= 15 is 0 Å². The second-order valence-corrected chi connectivity index (χ2v) is 12.4. The second kappa shape index (κ2) is 11.3. The Labute approximate surface area is 273 Å². The zero-order valence-corrected chi connectivity index (χ0v) is 27.6. The van der Waals surface area contributed by atoms with Gasteiger partial charge in [0.25, 0.3) is 0 Å². The van der Waals surface area contributed by atoms with E-state index in [2.05, 4.69) is 18.2 Å². The number of rotatable bonds is 6. The summed E-state index contributed by atoms with van der Waals surface area (Å²) in [5.74, 6) is 3.68. The van der Waals surface area contributed by atoms with Gasteiger partial charge in [-0.15, -0.1) is 0 Å². The maximum absolute atomic E-state index is 12.0. The van der Waals surface area contributed by atoms with Crippen LogP contribution in [0.3, 0.4) is 0 Å². The van der Waals surface area contributed by atoms with Crippen molar-refractivity contribution in [3.8, 4) is 46.0 Å². The van der Waals surface area contributed by atoms with Gasteiger partial charge in [-0.25, -0.2) is 0 Å². The molecule has 0 saturated carbocycles. The molecule has 0 fully saturated rings. The van der Waals surface area contributed by atoms with Crippen molar-refractivity contribution in [1.82, 2.24) is 0 Å². The zero-order chi connectivity index (χ0) is 33.2. The molecule has 3 aliphatic rings. The van der Waals surface area contributed by atoms with Gasteiger partial charge >= 0.3 is 5.97 Å². The van der Waals surface area contributed by atoms with Crippen molar-refractivity contribution in [2.75, 3.05) is 41.7 Å². The number of fused-ring (bicyclic) bond motifs is 10. The number of carbonyl (C=O) groups is 1. The lowest BCUT2D eigenvalue weighted by Gasteiger charge is -2.56. The highest BCUT2D eigenvalue weighted by Crippen LogP contribution is 2.67. The third-order valence-electron chi connectivity index (χ3n) is 10.3. The highest BCUT2D eigenvalue weighted by molar-refractivity contribution is 5.72. The van der Waals surface area contributed by atoms with Crippen LogP contribution >= 0.6 is 0 Å².